The number of nitrogens with zero attached hydrogens (tertiary/aromatic N) is 1. The molecular weight excluding hydrogens is 258 g/mol. The lowest BCUT2D eigenvalue weighted by Gasteiger charge is -2.10. The van der Waals surface area contributed by atoms with Gasteiger partial charge in [0.1, 0.15) is 5.69 Å². The molecule has 1 aromatic rings. The van der Waals surface area contributed by atoms with Gasteiger partial charge < -0.3 is 5.32 Å². The summed E-state index contributed by atoms with van der Waals surface area (Å²) in [6.45, 7) is 3.46. The van der Waals surface area contributed by atoms with Crippen LogP contribution < -0.4 is 10.0 Å². The van der Waals surface area contributed by atoms with E-state index >= 15 is 0 Å². The Hall–Kier alpha value is -1.67. The number of hydrogen-bond donors (Lipinski definition) is 2. The third-order valence-electron chi connectivity index (χ3n) is 2.38. The van der Waals surface area contributed by atoms with Crippen molar-refractivity contribution >= 4 is 21.4 Å². The Morgan fingerprint density at radius 1 is 1.39 bits per heavy atom. The number of anilines is 1. The number of benzene rings is 1. The van der Waals surface area contributed by atoms with E-state index in [1.165, 1.54) is 6.07 Å². The SMILES string of the molecule is CCNS(=O)(=O)c1cc([N+](=O)[O-])c(NC)cc1C. The van der Waals surface area contributed by atoms with Crippen molar-refractivity contribution in [2.45, 2.75) is 18.7 Å². The van der Waals surface area contributed by atoms with Crippen LogP contribution in [-0.4, -0.2) is 26.9 Å². The van der Waals surface area contributed by atoms with Crippen LogP contribution in [0, 0.1) is 17.0 Å². The summed E-state index contributed by atoms with van der Waals surface area (Å²) in [5, 5.41) is 13.6. The number of sulfonamides is 1. The van der Waals surface area contributed by atoms with Crippen LogP contribution in [0.5, 0.6) is 0 Å². The third kappa shape index (κ3) is 2.77. The van der Waals surface area contributed by atoms with Crippen molar-refractivity contribution in [2.24, 2.45) is 0 Å². The molecule has 1 rings (SSSR count). The molecule has 1 aromatic carbocycles. The summed E-state index contributed by atoms with van der Waals surface area (Å²) in [6.07, 6.45) is 0. The zero-order chi connectivity index (χ0) is 13.9. The average Bonchev–Trinajstić information content (AvgIpc) is 2.27. The Bertz CT molecular complexity index is 569. The van der Waals surface area contributed by atoms with E-state index in [2.05, 4.69) is 10.0 Å². The van der Waals surface area contributed by atoms with Crippen LogP contribution >= 0.6 is 0 Å². The first-order valence-electron chi connectivity index (χ1n) is 5.30. The second-order valence-electron chi connectivity index (χ2n) is 3.64. The van der Waals surface area contributed by atoms with Crippen LogP contribution in [0.25, 0.3) is 0 Å². The Kier molecular flexibility index (Phi) is 4.25. The number of nitrogens with one attached hydrogen (secondary N) is 2. The van der Waals surface area contributed by atoms with Crippen molar-refractivity contribution in [3.63, 3.8) is 0 Å². The van der Waals surface area contributed by atoms with Gasteiger partial charge in [-0.05, 0) is 18.6 Å². The van der Waals surface area contributed by atoms with E-state index in [9.17, 15) is 18.5 Å². The molecule has 0 bridgehead atoms. The predicted molar refractivity (Wildman–Crippen MR) is 68.2 cm³/mol. The van der Waals surface area contributed by atoms with Gasteiger partial charge in [0, 0.05) is 19.7 Å². The fourth-order valence-electron chi connectivity index (χ4n) is 1.59. The molecule has 0 fully saturated rings. The maximum Gasteiger partial charge on any atom is 0.293 e. The van der Waals surface area contributed by atoms with Crippen molar-refractivity contribution in [2.75, 3.05) is 18.9 Å². The number of rotatable bonds is 5. The lowest BCUT2D eigenvalue weighted by Crippen LogP contribution is -2.24. The van der Waals surface area contributed by atoms with Crippen molar-refractivity contribution in [3.8, 4) is 0 Å². The molecule has 0 atom stereocenters. The van der Waals surface area contributed by atoms with E-state index in [0.717, 1.165) is 6.07 Å². The summed E-state index contributed by atoms with van der Waals surface area (Å²) >= 11 is 0. The molecule has 0 heterocycles. The number of nitro benzene ring substituents is 1. The Balaban J connectivity index is 3.48. The van der Waals surface area contributed by atoms with E-state index in [1.54, 1.807) is 20.9 Å². The maximum absolute atomic E-state index is 11.9. The fourth-order valence-corrected chi connectivity index (χ4v) is 2.87. The van der Waals surface area contributed by atoms with Gasteiger partial charge >= 0.3 is 0 Å². The largest absolute Gasteiger partial charge is 0.383 e. The number of aryl methyl sites for hydroxylation is 1. The highest BCUT2D eigenvalue weighted by atomic mass is 32.2. The maximum atomic E-state index is 11.9. The second-order valence-corrected chi connectivity index (χ2v) is 5.38. The van der Waals surface area contributed by atoms with Crippen LogP contribution in [0.3, 0.4) is 0 Å². The highest BCUT2D eigenvalue weighted by molar-refractivity contribution is 7.89. The summed E-state index contributed by atoms with van der Waals surface area (Å²) in [4.78, 5) is 10.2. The van der Waals surface area contributed by atoms with Gasteiger partial charge in [0.2, 0.25) is 10.0 Å². The molecule has 2 N–H and O–H groups in total. The Morgan fingerprint density at radius 3 is 2.44 bits per heavy atom. The molecule has 0 aromatic heterocycles. The molecule has 100 valence electrons. The quantitative estimate of drug-likeness (QED) is 0.621. The highest BCUT2D eigenvalue weighted by Crippen LogP contribution is 2.30. The van der Waals surface area contributed by atoms with E-state index < -0.39 is 14.9 Å². The number of nitro groups is 1. The minimum absolute atomic E-state index is 0.0740. The Morgan fingerprint density at radius 2 is 2.00 bits per heavy atom. The third-order valence-corrected chi connectivity index (χ3v) is 4.07. The van der Waals surface area contributed by atoms with Gasteiger partial charge in [-0.1, -0.05) is 6.92 Å². The molecule has 0 aliphatic carbocycles. The Labute approximate surface area is 105 Å². The van der Waals surface area contributed by atoms with Gasteiger partial charge in [0.05, 0.1) is 9.82 Å². The van der Waals surface area contributed by atoms with Gasteiger partial charge in [-0.2, -0.15) is 0 Å². The van der Waals surface area contributed by atoms with Gasteiger partial charge in [-0.25, -0.2) is 13.1 Å². The zero-order valence-corrected chi connectivity index (χ0v) is 11.2. The van der Waals surface area contributed by atoms with E-state index in [4.69, 9.17) is 0 Å². The molecule has 0 aliphatic rings. The summed E-state index contributed by atoms with van der Waals surface area (Å²) in [5.41, 5.74) is 0.471. The van der Waals surface area contributed by atoms with Gasteiger partial charge in [0.25, 0.3) is 5.69 Å². The van der Waals surface area contributed by atoms with Crippen molar-refractivity contribution in [1.29, 1.82) is 0 Å². The van der Waals surface area contributed by atoms with Crippen molar-refractivity contribution < 1.29 is 13.3 Å². The summed E-state index contributed by atoms with van der Waals surface area (Å²) in [6, 6.07) is 2.52. The topological polar surface area (TPSA) is 101 Å². The molecule has 0 saturated heterocycles. The first-order chi connectivity index (χ1) is 8.33. The first kappa shape index (κ1) is 14.4. The van der Waals surface area contributed by atoms with Crippen molar-refractivity contribution in [1.82, 2.24) is 4.72 Å². The van der Waals surface area contributed by atoms with Gasteiger partial charge in [-0.15, -0.1) is 0 Å². The lowest BCUT2D eigenvalue weighted by atomic mass is 10.2. The minimum atomic E-state index is -3.70. The van der Waals surface area contributed by atoms with Crippen LogP contribution in [0.15, 0.2) is 17.0 Å². The highest BCUT2D eigenvalue weighted by Gasteiger charge is 2.22. The van der Waals surface area contributed by atoms with E-state index in [-0.39, 0.29) is 22.8 Å². The van der Waals surface area contributed by atoms with Crippen LogP contribution in [-0.2, 0) is 10.0 Å². The number of hydrogen-bond acceptors (Lipinski definition) is 5. The first-order valence-corrected chi connectivity index (χ1v) is 6.78. The molecule has 0 saturated carbocycles. The van der Waals surface area contributed by atoms with Gasteiger partial charge in [-0.3, -0.25) is 10.1 Å². The van der Waals surface area contributed by atoms with Crippen LogP contribution in [0.4, 0.5) is 11.4 Å². The molecule has 7 nitrogen and oxygen atoms in total. The monoisotopic (exact) mass is 273 g/mol. The second kappa shape index (κ2) is 5.32. The molecule has 0 spiro atoms. The normalized spacial score (nSPS) is 11.3. The molecule has 0 unspecified atom stereocenters. The lowest BCUT2D eigenvalue weighted by molar-refractivity contribution is -0.384. The molecule has 0 amide bonds. The molecular formula is C10H15N3O4S. The van der Waals surface area contributed by atoms with E-state index in [1.807, 2.05) is 0 Å². The summed E-state index contributed by atoms with van der Waals surface area (Å²) in [7, 11) is -2.16. The van der Waals surface area contributed by atoms with Crippen LogP contribution in [0.2, 0.25) is 0 Å². The molecule has 8 heteroatoms. The molecule has 0 radical (unpaired) electrons. The molecule has 0 aliphatic heterocycles. The zero-order valence-electron chi connectivity index (χ0n) is 10.4. The average molecular weight is 273 g/mol. The summed E-state index contributed by atoms with van der Waals surface area (Å²) < 4.78 is 26.1. The molecule has 18 heavy (non-hydrogen) atoms. The summed E-state index contributed by atoms with van der Waals surface area (Å²) in [5.74, 6) is 0. The smallest absolute Gasteiger partial charge is 0.293 e. The predicted octanol–water partition coefficient (Wildman–Crippen LogP) is 1.24. The standard InChI is InChI=1S/C10H15N3O4S/c1-4-12-18(16,17)10-6-9(13(14)15)8(11-3)5-7(10)2/h5-6,11-12H,4H2,1-3H3. The van der Waals surface area contributed by atoms with Gasteiger partial charge in [0.15, 0.2) is 0 Å². The van der Waals surface area contributed by atoms with E-state index in [0.29, 0.717) is 5.56 Å². The van der Waals surface area contributed by atoms with Crippen molar-refractivity contribution in [3.05, 3.63) is 27.8 Å². The fraction of sp³-hybridized carbons (Fsp3) is 0.400. The minimum Gasteiger partial charge on any atom is -0.383 e. The van der Waals surface area contributed by atoms with Crippen LogP contribution in [0.1, 0.15) is 12.5 Å².